The fourth-order valence-corrected chi connectivity index (χ4v) is 6.75. The Morgan fingerprint density at radius 2 is 1.82 bits per heavy atom. The third kappa shape index (κ3) is 3.98. The van der Waals surface area contributed by atoms with Gasteiger partial charge in [0.05, 0.1) is 16.3 Å². The molecule has 40 heavy (non-hydrogen) atoms. The van der Waals surface area contributed by atoms with Crippen molar-refractivity contribution >= 4 is 33.9 Å². The van der Waals surface area contributed by atoms with Gasteiger partial charge in [-0.15, -0.1) is 6.42 Å². The average molecular weight is 543 g/mol. The molecule has 0 saturated carbocycles. The second-order valence-corrected chi connectivity index (χ2v) is 10.9. The van der Waals surface area contributed by atoms with E-state index in [1.165, 1.54) is 29.0 Å². The van der Waals surface area contributed by atoms with Crippen LogP contribution in [0.5, 0.6) is 5.75 Å². The van der Waals surface area contributed by atoms with Crippen LogP contribution >= 0.6 is 11.3 Å². The van der Waals surface area contributed by atoms with Gasteiger partial charge in [-0.3, -0.25) is 9.36 Å². The first kappa shape index (κ1) is 24.3. The topological polar surface area (TPSA) is 43.6 Å². The van der Waals surface area contributed by atoms with Gasteiger partial charge in [-0.05, 0) is 64.6 Å². The van der Waals surface area contributed by atoms with Crippen LogP contribution in [0.15, 0.2) is 100 Å². The standard InChI is InChI=1S/C34H23FN2O2S/c1-2-19-39-29-18-14-21-7-3-5-9-25(21)28(29)20-30-33(38)37-32(23-11-15-24(35)16-12-23)27-17-13-22-8-4-6-10-26(22)31(27)36-34(37)40-30/h1,3-12,14-16,18,20,32H,13,17,19H2/b30-20-/t32-/m1/s1. The van der Waals surface area contributed by atoms with Crippen LogP contribution in [0.25, 0.3) is 22.5 Å². The summed E-state index contributed by atoms with van der Waals surface area (Å²) in [6.07, 6.45) is 8.99. The summed E-state index contributed by atoms with van der Waals surface area (Å²) in [4.78, 5) is 19.8. The molecule has 0 spiro atoms. The number of thiazole rings is 1. The van der Waals surface area contributed by atoms with Crippen molar-refractivity contribution in [2.45, 2.75) is 18.9 Å². The largest absolute Gasteiger partial charge is 0.480 e. The van der Waals surface area contributed by atoms with E-state index in [0.29, 0.717) is 15.1 Å². The van der Waals surface area contributed by atoms with E-state index in [9.17, 15) is 9.18 Å². The number of benzene rings is 4. The summed E-state index contributed by atoms with van der Waals surface area (Å²) in [6, 6.07) is 26.2. The summed E-state index contributed by atoms with van der Waals surface area (Å²) in [5.41, 5.74) is 5.84. The molecule has 0 unspecified atom stereocenters. The molecule has 0 bridgehead atoms. The Morgan fingerprint density at radius 1 is 1.02 bits per heavy atom. The Morgan fingerprint density at radius 3 is 2.67 bits per heavy atom. The summed E-state index contributed by atoms with van der Waals surface area (Å²) in [7, 11) is 0. The number of nitrogens with zero attached hydrogens (tertiary/aromatic N) is 2. The van der Waals surface area contributed by atoms with Gasteiger partial charge in [0.1, 0.15) is 18.2 Å². The Balaban J connectivity index is 1.50. The molecule has 1 aliphatic heterocycles. The van der Waals surface area contributed by atoms with Crippen LogP contribution < -0.4 is 19.6 Å². The maximum Gasteiger partial charge on any atom is 0.271 e. The summed E-state index contributed by atoms with van der Waals surface area (Å²) in [5, 5.41) is 2.00. The maximum atomic E-state index is 14.2. The molecule has 1 atom stereocenters. The first-order valence-corrected chi connectivity index (χ1v) is 13.9. The SMILES string of the molecule is C#CCOc1ccc2ccccc2c1/C=c1\sc2n(c1=O)[C@H](c1ccc(F)cc1)C1=C(N=2)c2ccccc2CC1. The molecule has 6 heteroatoms. The van der Waals surface area contributed by atoms with Crippen LogP contribution in [0, 0.1) is 18.2 Å². The van der Waals surface area contributed by atoms with Gasteiger partial charge < -0.3 is 4.74 Å². The summed E-state index contributed by atoms with van der Waals surface area (Å²) in [5.74, 6) is 2.83. The van der Waals surface area contributed by atoms with Gasteiger partial charge in [-0.2, -0.15) is 0 Å². The summed E-state index contributed by atoms with van der Waals surface area (Å²) < 4.78 is 22.1. The van der Waals surface area contributed by atoms with Crippen molar-refractivity contribution in [1.29, 1.82) is 0 Å². The summed E-state index contributed by atoms with van der Waals surface area (Å²) in [6.45, 7) is 0.122. The second kappa shape index (κ2) is 9.78. The molecule has 5 aromatic rings. The van der Waals surface area contributed by atoms with Gasteiger partial charge in [-0.25, -0.2) is 9.38 Å². The predicted molar refractivity (Wildman–Crippen MR) is 157 cm³/mol. The Kier molecular flexibility index (Phi) is 5.95. The molecule has 4 aromatic carbocycles. The molecular formula is C34H23FN2O2S. The lowest BCUT2D eigenvalue weighted by Crippen LogP contribution is -2.38. The minimum atomic E-state index is -0.368. The lowest BCUT2D eigenvalue weighted by Gasteiger charge is -2.30. The summed E-state index contributed by atoms with van der Waals surface area (Å²) >= 11 is 1.35. The lowest BCUT2D eigenvalue weighted by atomic mass is 9.83. The minimum Gasteiger partial charge on any atom is -0.480 e. The van der Waals surface area contributed by atoms with E-state index in [-0.39, 0.29) is 24.0 Å². The zero-order valence-electron chi connectivity index (χ0n) is 21.4. The van der Waals surface area contributed by atoms with Crippen molar-refractivity contribution in [1.82, 2.24) is 4.57 Å². The van der Waals surface area contributed by atoms with Crippen molar-refractivity contribution in [2.75, 3.05) is 6.61 Å². The molecule has 2 heterocycles. The van der Waals surface area contributed by atoms with Crippen LogP contribution in [0.3, 0.4) is 0 Å². The number of ether oxygens (including phenoxy) is 1. The van der Waals surface area contributed by atoms with Gasteiger partial charge in [-0.1, -0.05) is 84.0 Å². The highest BCUT2D eigenvalue weighted by molar-refractivity contribution is 7.07. The number of terminal acetylenes is 1. The van der Waals surface area contributed by atoms with Crippen molar-refractivity contribution in [3.05, 3.63) is 138 Å². The Labute approximate surface area is 234 Å². The van der Waals surface area contributed by atoms with Crippen LogP contribution in [0.4, 0.5) is 4.39 Å². The van der Waals surface area contributed by atoms with E-state index in [1.807, 2.05) is 54.6 Å². The van der Waals surface area contributed by atoms with Gasteiger partial charge in [0.25, 0.3) is 5.56 Å². The molecule has 1 aromatic heterocycles. The lowest BCUT2D eigenvalue weighted by molar-refractivity contribution is 0.370. The van der Waals surface area contributed by atoms with Gasteiger partial charge in [0.15, 0.2) is 4.80 Å². The molecule has 0 radical (unpaired) electrons. The van der Waals surface area contributed by atoms with Crippen molar-refractivity contribution in [2.24, 2.45) is 4.99 Å². The fraction of sp³-hybridized carbons (Fsp3) is 0.118. The molecule has 0 fully saturated rings. The number of allylic oxidation sites excluding steroid dienone is 1. The predicted octanol–water partition coefficient (Wildman–Crippen LogP) is 5.62. The molecule has 7 rings (SSSR count). The highest BCUT2D eigenvalue weighted by Gasteiger charge is 2.32. The number of hydrogen-bond acceptors (Lipinski definition) is 4. The van der Waals surface area contributed by atoms with Crippen LogP contribution in [0.2, 0.25) is 0 Å². The number of aromatic nitrogens is 1. The molecule has 0 N–H and O–H groups in total. The molecule has 2 aliphatic rings. The van der Waals surface area contributed by atoms with Crippen LogP contribution in [-0.2, 0) is 6.42 Å². The van der Waals surface area contributed by atoms with E-state index in [4.69, 9.17) is 16.2 Å². The monoisotopic (exact) mass is 542 g/mol. The molecule has 194 valence electrons. The van der Waals surface area contributed by atoms with Crippen molar-refractivity contribution in [3.63, 3.8) is 0 Å². The van der Waals surface area contributed by atoms with Crippen molar-refractivity contribution < 1.29 is 9.13 Å². The normalized spacial score (nSPS) is 16.1. The fourth-order valence-electron chi connectivity index (χ4n) is 5.77. The van der Waals surface area contributed by atoms with Gasteiger partial charge in [0.2, 0.25) is 0 Å². The number of aryl methyl sites for hydroxylation is 1. The van der Waals surface area contributed by atoms with Crippen molar-refractivity contribution in [3.8, 4) is 18.1 Å². The highest BCUT2D eigenvalue weighted by atomic mass is 32.1. The molecular weight excluding hydrogens is 519 g/mol. The molecule has 0 amide bonds. The van der Waals surface area contributed by atoms with E-state index in [2.05, 4.69) is 18.1 Å². The smallest absolute Gasteiger partial charge is 0.271 e. The number of rotatable bonds is 4. The zero-order chi connectivity index (χ0) is 27.2. The van der Waals surface area contributed by atoms with E-state index < -0.39 is 0 Å². The molecule has 0 saturated heterocycles. The number of fused-ring (bicyclic) bond motifs is 4. The van der Waals surface area contributed by atoms with Gasteiger partial charge in [0, 0.05) is 11.1 Å². The first-order valence-electron chi connectivity index (χ1n) is 13.1. The second-order valence-electron chi connectivity index (χ2n) is 9.86. The minimum absolute atomic E-state index is 0.122. The first-order chi connectivity index (χ1) is 19.6. The van der Waals surface area contributed by atoms with Crippen LogP contribution in [-0.4, -0.2) is 11.2 Å². The van der Waals surface area contributed by atoms with Gasteiger partial charge >= 0.3 is 0 Å². The van der Waals surface area contributed by atoms with E-state index >= 15 is 0 Å². The molecule has 4 nitrogen and oxygen atoms in total. The average Bonchev–Trinajstić information content (AvgIpc) is 3.30. The zero-order valence-corrected chi connectivity index (χ0v) is 22.2. The third-order valence-corrected chi connectivity index (χ3v) is 8.56. The Bertz CT molecular complexity index is 2060. The maximum absolute atomic E-state index is 14.2. The number of hydrogen-bond donors (Lipinski definition) is 0. The highest BCUT2D eigenvalue weighted by Crippen LogP contribution is 2.41. The Hall–Kier alpha value is -4.73. The number of halogens is 1. The van der Waals surface area contributed by atoms with E-state index in [0.717, 1.165) is 51.6 Å². The molecule has 1 aliphatic carbocycles. The van der Waals surface area contributed by atoms with Crippen LogP contribution in [0.1, 0.15) is 34.7 Å². The quantitative estimate of drug-likeness (QED) is 0.277. The third-order valence-electron chi connectivity index (χ3n) is 7.58. The van der Waals surface area contributed by atoms with E-state index in [1.54, 1.807) is 16.7 Å².